The molecule has 0 spiro atoms. The van der Waals surface area contributed by atoms with Crippen LogP contribution in [0.25, 0.3) is 0 Å². The zero-order valence-electron chi connectivity index (χ0n) is 13.0. The molecule has 1 heterocycles. The molecule has 1 fully saturated rings. The minimum absolute atomic E-state index is 0.134. The molecule has 7 nitrogen and oxygen atoms in total. The summed E-state index contributed by atoms with van der Waals surface area (Å²) in [6.07, 6.45) is 2.09. The fourth-order valence-corrected chi connectivity index (χ4v) is 4.07. The maximum Gasteiger partial charge on any atom is 0.282 e. The highest BCUT2D eigenvalue weighted by atomic mass is 32.2. The molecule has 8 heteroatoms. The van der Waals surface area contributed by atoms with Crippen LogP contribution in [0.1, 0.15) is 19.3 Å². The summed E-state index contributed by atoms with van der Waals surface area (Å²) in [5.74, 6) is 0.220. The van der Waals surface area contributed by atoms with Gasteiger partial charge in [-0.05, 0) is 25.2 Å². The summed E-state index contributed by atoms with van der Waals surface area (Å²) in [7, 11) is -0.292. The van der Waals surface area contributed by atoms with Crippen molar-refractivity contribution in [3.63, 3.8) is 0 Å². The largest absolute Gasteiger partial charge is 0.396 e. The average molecular weight is 324 g/mol. The van der Waals surface area contributed by atoms with E-state index < -0.39 is 10.2 Å². The monoisotopic (exact) mass is 324 g/mol. The topological polar surface area (TPSA) is 79.3 Å². The first kappa shape index (κ1) is 18.8. The van der Waals surface area contributed by atoms with Gasteiger partial charge < -0.3 is 14.6 Å². The maximum absolute atomic E-state index is 12.7. The van der Waals surface area contributed by atoms with Crippen LogP contribution < -0.4 is 0 Å². The molecule has 0 aromatic rings. The Bertz CT molecular complexity index is 369. The summed E-state index contributed by atoms with van der Waals surface area (Å²) in [6, 6.07) is 0. The van der Waals surface area contributed by atoms with Crippen molar-refractivity contribution < 1.29 is 23.0 Å². The molecule has 0 aliphatic carbocycles. The van der Waals surface area contributed by atoms with Gasteiger partial charge in [0.15, 0.2) is 0 Å². The van der Waals surface area contributed by atoms with E-state index in [9.17, 15) is 8.42 Å². The predicted molar refractivity (Wildman–Crippen MR) is 80.2 cm³/mol. The first-order valence-electron chi connectivity index (χ1n) is 7.40. The van der Waals surface area contributed by atoms with Gasteiger partial charge in [-0.15, -0.1) is 0 Å². The van der Waals surface area contributed by atoms with Gasteiger partial charge >= 0.3 is 0 Å². The van der Waals surface area contributed by atoms with Gasteiger partial charge in [0, 0.05) is 53.6 Å². The fraction of sp³-hybridized carbons (Fsp3) is 1.00. The zero-order chi connectivity index (χ0) is 15.7. The Morgan fingerprint density at radius 2 is 1.76 bits per heavy atom. The van der Waals surface area contributed by atoms with Gasteiger partial charge in [-0.2, -0.15) is 17.0 Å². The third-order valence-electron chi connectivity index (χ3n) is 3.79. The lowest BCUT2D eigenvalue weighted by atomic mass is 10.00. The number of methoxy groups -OCH3 is 2. The Hall–Kier alpha value is -0.250. The molecule has 0 aromatic carbocycles. The lowest BCUT2D eigenvalue weighted by molar-refractivity contribution is 0.150. The lowest BCUT2D eigenvalue weighted by Crippen LogP contribution is -2.48. The summed E-state index contributed by atoms with van der Waals surface area (Å²) in [6.45, 7) is 2.77. The van der Waals surface area contributed by atoms with Crippen LogP contribution in [-0.2, 0) is 19.7 Å². The summed E-state index contributed by atoms with van der Waals surface area (Å²) in [4.78, 5) is 0. The van der Waals surface area contributed by atoms with Gasteiger partial charge in [-0.25, -0.2) is 0 Å². The van der Waals surface area contributed by atoms with E-state index in [2.05, 4.69) is 0 Å². The quantitative estimate of drug-likeness (QED) is 0.569. The molecule has 0 saturated carbocycles. The molecule has 1 aliphatic heterocycles. The van der Waals surface area contributed by atoms with Gasteiger partial charge in [0.25, 0.3) is 10.2 Å². The third kappa shape index (κ3) is 5.80. The second-order valence-electron chi connectivity index (χ2n) is 5.27. The number of ether oxygens (including phenoxy) is 2. The van der Waals surface area contributed by atoms with Gasteiger partial charge in [-0.3, -0.25) is 0 Å². The minimum Gasteiger partial charge on any atom is -0.396 e. The van der Waals surface area contributed by atoms with E-state index in [4.69, 9.17) is 14.6 Å². The molecule has 1 aliphatic rings. The molecule has 0 bridgehead atoms. The van der Waals surface area contributed by atoms with Gasteiger partial charge in [0.2, 0.25) is 0 Å². The highest BCUT2D eigenvalue weighted by Gasteiger charge is 2.32. The van der Waals surface area contributed by atoms with Crippen molar-refractivity contribution in [1.82, 2.24) is 8.61 Å². The number of nitrogens with zero attached hydrogens (tertiary/aromatic N) is 2. The van der Waals surface area contributed by atoms with Crippen LogP contribution in [0.5, 0.6) is 0 Å². The Balaban J connectivity index is 2.64. The molecule has 0 unspecified atom stereocenters. The van der Waals surface area contributed by atoms with Crippen LogP contribution in [0, 0.1) is 5.92 Å². The van der Waals surface area contributed by atoms with E-state index in [0.717, 1.165) is 0 Å². The maximum atomic E-state index is 12.7. The van der Waals surface area contributed by atoms with Crippen molar-refractivity contribution in [3.8, 4) is 0 Å². The number of piperidine rings is 1. The number of aliphatic hydroxyl groups excluding tert-OH is 1. The van der Waals surface area contributed by atoms with Crippen molar-refractivity contribution in [1.29, 1.82) is 0 Å². The highest BCUT2D eigenvalue weighted by Crippen LogP contribution is 2.21. The van der Waals surface area contributed by atoms with Crippen molar-refractivity contribution in [2.24, 2.45) is 5.92 Å². The summed E-state index contributed by atoms with van der Waals surface area (Å²) in [5.41, 5.74) is 0. The van der Waals surface area contributed by atoms with E-state index in [-0.39, 0.29) is 12.5 Å². The van der Waals surface area contributed by atoms with Crippen molar-refractivity contribution in [2.45, 2.75) is 19.3 Å². The van der Waals surface area contributed by atoms with Crippen LogP contribution in [0.15, 0.2) is 0 Å². The molecule has 0 radical (unpaired) electrons. The van der Waals surface area contributed by atoms with Crippen LogP contribution in [-0.4, -0.2) is 82.4 Å². The van der Waals surface area contributed by atoms with Crippen LogP contribution >= 0.6 is 0 Å². The van der Waals surface area contributed by atoms with Crippen molar-refractivity contribution in [3.05, 3.63) is 0 Å². The highest BCUT2D eigenvalue weighted by molar-refractivity contribution is 7.86. The Morgan fingerprint density at radius 3 is 2.29 bits per heavy atom. The molecule has 126 valence electrons. The van der Waals surface area contributed by atoms with E-state index in [1.807, 2.05) is 0 Å². The molecule has 1 N–H and O–H groups in total. The number of hydrogen-bond donors (Lipinski definition) is 1. The van der Waals surface area contributed by atoms with Gasteiger partial charge in [0.1, 0.15) is 0 Å². The average Bonchev–Trinajstić information content (AvgIpc) is 2.50. The molecule has 0 atom stereocenters. The minimum atomic E-state index is -3.46. The normalized spacial score (nSPS) is 18.5. The summed E-state index contributed by atoms with van der Waals surface area (Å²) >= 11 is 0. The van der Waals surface area contributed by atoms with E-state index in [1.165, 1.54) is 8.61 Å². The second-order valence-corrected chi connectivity index (χ2v) is 7.20. The number of aliphatic hydroxyl groups is 1. The van der Waals surface area contributed by atoms with Crippen LogP contribution in [0.3, 0.4) is 0 Å². The van der Waals surface area contributed by atoms with Crippen LogP contribution in [0.4, 0.5) is 0 Å². The first-order valence-corrected chi connectivity index (χ1v) is 8.80. The molecular weight excluding hydrogens is 296 g/mol. The third-order valence-corrected chi connectivity index (χ3v) is 5.82. The molecule has 0 amide bonds. The Kier molecular flexibility index (Phi) is 8.69. The first-order chi connectivity index (χ1) is 10.1. The summed E-state index contributed by atoms with van der Waals surface area (Å²) < 4.78 is 38.3. The van der Waals surface area contributed by atoms with E-state index in [1.54, 1.807) is 14.2 Å². The second kappa shape index (κ2) is 9.70. The Morgan fingerprint density at radius 1 is 1.14 bits per heavy atom. The van der Waals surface area contributed by atoms with Crippen molar-refractivity contribution in [2.75, 3.05) is 60.2 Å². The Labute approximate surface area is 128 Å². The standard InChI is InChI=1S/C13H28N2O5S/c1-19-10-3-6-14(9-11-20-2)21(17,18)15-7-4-13(12-16)5-8-15/h13,16H,3-12H2,1-2H3. The molecular formula is C13H28N2O5S. The number of hydrogen-bond acceptors (Lipinski definition) is 5. The SMILES string of the molecule is COCCCN(CCOC)S(=O)(=O)N1CCC(CO)CC1. The molecule has 0 aromatic heterocycles. The molecule has 1 saturated heterocycles. The molecule has 21 heavy (non-hydrogen) atoms. The van der Waals surface area contributed by atoms with Gasteiger partial charge in [0.05, 0.1) is 6.61 Å². The zero-order valence-corrected chi connectivity index (χ0v) is 13.8. The van der Waals surface area contributed by atoms with Crippen molar-refractivity contribution >= 4 is 10.2 Å². The smallest absolute Gasteiger partial charge is 0.282 e. The molecule has 1 rings (SSSR count). The summed E-state index contributed by atoms with van der Waals surface area (Å²) in [5, 5.41) is 9.14. The van der Waals surface area contributed by atoms with Gasteiger partial charge in [-0.1, -0.05) is 0 Å². The van der Waals surface area contributed by atoms with E-state index in [0.29, 0.717) is 58.7 Å². The fourth-order valence-electron chi connectivity index (χ4n) is 2.41. The number of rotatable bonds is 10. The lowest BCUT2D eigenvalue weighted by Gasteiger charge is -2.34. The predicted octanol–water partition coefficient (Wildman–Crippen LogP) is -0.0796. The van der Waals surface area contributed by atoms with Crippen LogP contribution in [0.2, 0.25) is 0 Å². The van der Waals surface area contributed by atoms with E-state index >= 15 is 0 Å².